The smallest absolute Gasteiger partial charge is 0.129 e. The summed E-state index contributed by atoms with van der Waals surface area (Å²) >= 11 is 0. The van der Waals surface area contributed by atoms with Gasteiger partial charge in [-0.05, 0) is 25.5 Å². The molecule has 0 amide bonds. The molecule has 0 aliphatic heterocycles. The molecule has 0 saturated heterocycles. The Bertz CT molecular complexity index is 461. The zero-order valence-electron chi connectivity index (χ0n) is 7.83. The normalized spacial score (nSPS) is 10.7. The molecule has 2 aromatic rings. The fraction of sp³-hybridized carbons (Fsp3) is 0.182. The summed E-state index contributed by atoms with van der Waals surface area (Å²) in [7, 11) is 0. The molecule has 0 unspecified atom stereocenters. The predicted molar refractivity (Wildman–Crippen MR) is 53.5 cm³/mol. The Hall–Kier alpha value is -1.44. The lowest BCUT2D eigenvalue weighted by Gasteiger charge is -2.04. The maximum atomic E-state index is 4.28. The van der Waals surface area contributed by atoms with Crippen molar-refractivity contribution >= 4 is 10.9 Å². The number of hydrogen-bond acceptors (Lipinski definition) is 2. The van der Waals surface area contributed by atoms with Crippen molar-refractivity contribution < 1.29 is 0 Å². The minimum absolute atomic E-state index is 0.593. The predicted octanol–water partition coefficient (Wildman–Crippen LogP) is 2.43. The van der Waals surface area contributed by atoms with E-state index in [1.807, 2.05) is 19.1 Å². The molecule has 0 atom stereocenters. The van der Waals surface area contributed by atoms with Gasteiger partial charge < -0.3 is 0 Å². The summed E-state index contributed by atoms with van der Waals surface area (Å²) in [4.78, 5) is 8.52. The van der Waals surface area contributed by atoms with Crippen molar-refractivity contribution in [3.8, 4) is 0 Å². The number of nitrogens with zero attached hydrogens (tertiary/aromatic N) is 2. The molecule has 65 valence electrons. The Morgan fingerprint density at radius 2 is 1.92 bits per heavy atom. The average molecular weight is 171 g/mol. The van der Waals surface area contributed by atoms with Crippen molar-refractivity contribution in [2.75, 3.05) is 0 Å². The Kier molecular flexibility index (Phi) is 1.76. The quantitative estimate of drug-likeness (QED) is 0.608. The molecule has 1 aromatic carbocycles. The largest absolute Gasteiger partial charge is 0.238 e. The molecule has 0 bridgehead atoms. The van der Waals surface area contributed by atoms with Gasteiger partial charge >= 0.3 is 0 Å². The van der Waals surface area contributed by atoms with E-state index in [9.17, 15) is 0 Å². The second kappa shape index (κ2) is 2.80. The third-order valence-corrected chi connectivity index (χ3v) is 2.16. The van der Waals surface area contributed by atoms with Gasteiger partial charge in [-0.15, -0.1) is 0 Å². The number of aryl methyl sites for hydroxylation is 2. The van der Waals surface area contributed by atoms with E-state index in [2.05, 4.69) is 29.9 Å². The molecule has 1 radical (unpaired) electrons. The molecule has 0 N–H and O–H groups in total. The molecule has 0 fully saturated rings. The minimum Gasteiger partial charge on any atom is -0.238 e. The Labute approximate surface area is 77.6 Å². The van der Waals surface area contributed by atoms with Gasteiger partial charge in [0, 0.05) is 18.0 Å². The van der Waals surface area contributed by atoms with Gasteiger partial charge in [-0.1, -0.05) is 12.1 Å². The molecular weight excluding hydrogens is 160 g/mol. The maximum Gasteiger partial charge on any atom is 0.129 e. The topological polar surface area (TPSA) is 25.8 Å². The standard InChI is InChI=1S/C11H11N2/c1-7-5-4-6-10-11(7)8(2)12-9(3)13-10/h4-6H,3H2,1-2H3. The van der Waals surface area contributed by atoms with Gasteiger partial charge in [0.2, 0.25) is 0 Å². The first kappa shape index (κ1) is 8.17. The fourth-order valence-corrected chi connectivity index (χ4v) is 1.63. The zero-order chi connectivity index (χ0) is 9.42. The van der Waals surface area contributed by atoms with Gasteiger partial charge in [0.05, 0.1) is 5.52 Å². The van der Waals surface area contributed by atoms with Crippen LogP contribution in [0.5, 0.6) is 0 Å². The van der Waals surface area contributed by atoms with Crippen LogP contribution in [0.2, 0.25) is 0 Å². The monoisotopic (exact) mass is 171 g/mol. The number of fused-ring (bicyclic) bond motifs is 1. The molecular formula is C11H11N2. The van der Waals surface area contributed by atoms with E-state index in [4.69, 9.17) is 0 Å². The molecule has 2 heteroatoms. The van der Waals surface area contributed by atoms with Gasteiger partial charge in [0.15, 0.2) is 0 Å². The summed E-state index contributed by atoms with van der Waals surface area (Å²) < 4.78 is 0. The van der Waals surface area contributed by atoms with Crippen molar-refractivity contribution in [3.63, 3.8) is 0 Å². The third-order valence-electron chi connectivity index (χ3n) is 2.16. The highest BCUT2D eigenvalue weighted by Crippen LogP contribution is 2.18. The van der Waals surface area contributed by atoms with Crippen molar-refractivity contribution in [3.05, 3.63) is 42.2 Å². The van der Waals surface area contributed by atoms with E-state index < -0.39 is 0 Å². The van der Waals surface area contributed by atoms with Crippen LogP contribution in [0, 0.1) is 20.8 Å². The first-order valence-electron chi connectivity index (χ1n) is 4.24. The van der Waals surface area contributed by atoms with Crippen molar-refractivity contribution in [1.29, 1.82) is 0 Å². The summed E-state index contributed by atoms with van der Waals surface area (Å²) in [6.45, 7) is 7.80. The highest BCUT2D eigenvalue weighted by Gasteiger charge is 2.03. The van der Waals surface area contributed by atoms with E-state index in [0.717, 1.165) is 16.6 Å². The van der Waals surface area contributed by atoms with Crippen molar-refractivity contribution in [2.24, 2.45) is 0 Å². The van der Waals surface area contributed by atoms with Crippen LogP contribution in [0.4, 0.5) is 0 Å². The first-order valence-corrected chi connectivity index (χ1v) is 4.24. The summed E-state index contributed by atoms with van der Waals surface area (Å²) in [6, 6.07) is 6.07. The Balaban J connectivity index is 2.94. The van der Waals surface area contributed by atoms with Crippen LogP contribution < -0.4 is 0 Å². The van der Waals surface area contributed by atoms with Gasteiger partial charge in [0.1, 0.15) is 5.82 Å². The Morgan fingerprint density at radius 3 is 2.69 bits per heavy atom. The van der Waals surface area contributed by atoms with E-state index in [1.54, 1.807) is 0 Å². The molecule has 0 spiro atoms. The second-order valence-corrected chi connectivity index (χ2v) is 3.19. The lowest BCUT2D eigenvalue weighted by molar-refractivity contribution is 1.10. The maximum absolute atomic E-state index is 4.28. The molecule has 0 aliphatic rings. The van der Waals surface area contributed by atoms with Crippen LogP contribution in [0.15, 0.2) is 18.2 Å². The molecule has 1 heterocycles. The third kappa shape index (κ3) is 1.28. The number of rotatable bonds is 0. The van der Waals surface area contributed by atoms with E-state index in [0.29, 0.717) is 5.82 Å². The van der Waals surface area contributed by atoms with Crippen molar-refractivity contribution in [1.82, 2.24) is 9.97 Å². The first-order chi connectivity index (χ1) is 6.18. The molecule has 13 heavy (non-hydrogen) atoms. The molecule has 2 rings (SSSR count). The highest BCUT2D eigenvalue weighted by atomic mass is 14.9. The van der Waals surface area contributed by atoms with Crippen LogP contribution in [0.3, 0.4) is 0 Å². The van der Waals surface area contributed by atoms with Gasteiger partial charge in [-0.2, -0.15) is 0 Å². The molecule has 1 aromatic heterocycles. The van der Waals surface area contributed by atoms with E-state index in [1.165, 1.54) is 5.56 Å². The molecule has 0 aliphatic carbocycles. The van der Waals surface area contributed by atoms with Crippen LogP contribution in [0.1, 0.15) is 17.1 Å². The number of aromatic nitrogens is 2. The summed E-state index contributed by atoms with van der Waals surface area (Å²) in [6.07, 6.45) is 0. The fourth-order valence-electron chi connectivity index (χ4n) is 1.63. The molecule has 2 nitrogen and oxygen atoms in total. The summed E-state index contributed by atoms with van der Waals surface area (Å²) in [5.74, 6) is 0.593. The Morgan fingerprint density at radius 1 is 1.15 bits per heavy atom. The minimum atomic E-state index is 0.593. The van der Waals surface area contributed by atoms with Crippen LogP contribution in [-0.4, -0.2) is 9.97 Å². The molecule has 0 saturated carbocycles. The van der Waals surface area contributed by atoms with Gasteiger partial charge in [0.25, 0.3) is 0 Å². The lowest BCUT2D eigenvalue weighted by atomic mass is 10.1. The zero-order valence-corrected chi connectivity index (χ0v) is 7.83. The number of hydrogen-bond donors (Lipinski definition) is 0. The van der Waals surface area contributed by atoms with Gasteiger partial charge in [-0.3, -0.25) is 0 Å². The van der Waals surface area contributed by atoms with Crippen LogP contribution >= 0.6 is 0 Å². The SMILES string of the molecule is [CH2]c1nc(C)c2c(C)cccc2n1. The van der Waals surface area contributed by atoms with Crippen molar-refractivity contribution in [2.45, 2.75) is 13.8 Å². The highest BCUT2D eigenvalue weighted by molar-refractivity contribution is 5.84. The number of benzene rings is 1. The average Bonchev–Trinajstić information content (AvgIpc) is 2.02. The van der Waals surface area contributed by atoms with E-state index >= 15 is 0 Å². The van der Waals surface area contributed by atoms with Crippen LogP contribution in [-0.2, 0) is 0 Å². The summed E-state index contributed by atoms with van der Waals surface area (Å²) in [5, 5.41) is 1.15. The lowest BCUT2D eigenvalue weighted by Crippen LogP contribution is -1.94. The second-order valence-electron chi connectivity index (χ2n) is 3.19. The summed E-state index contributed by atoms with van der Waals surface area (Å²) in [5.41, 5.74) is 3.21. The van der Waals surface area contributed by atoms with Crippen LogP contribution in [0.25, 0.3) is 10.9 Å². The van der Waals surface area contributed by atoms with Gasteiger partial charge in [-0.25, -0.2) is 9.97 Å². The van der Waals surface area contributed by atoms with E-state index in [-0.39, 0.29) is 0 Å².